The SMILES string of the molecule is NC1CCC(N)(C2CCCCC2)C(C2CCCCC2)C1. The van der Waals surface area contributed by atoms with E-state index in [1.807, 2.05) is 0 Å². The summed E-state index contributed by atoms with van der Waals surface area (Å²) in [7, 11) is 0. The Morgan fingerprint density at radius 3 is 2.00 bits per heavy atom. The second-order valence-corrected chi connectivity index (χ2v) is 7.99. The van der Waals surface area contributed by atoms with Crippen LogP contribution in [0, 0.1) is 17.8 Å². The van der Waals surface area contributed by atoms with Gasteiger partial charge in [-0.15, -0.1) is 0 Å². The fourth-order valence-corrected chi connectivity index (χ4v) is 5.60. The topological polar surface area (TPSA) is 52.0 Å². The van der Waals surface area contributed by atoms with Gasteiger partial charge in [0, 0.05) is 11.6 Å². The molecule has 2 nitrogen and oxygen atoms in total. The number of hydrogen-bond acceptors (Lipinski definition) is 2. The molecule has 20 heavy (non-hydrogen) atoms. The van der Waals surface area contributed by atoms with E-state index < -0.39 is 0 Å². The minimum atomic E-state index is 0.123. The quantitative estimate of drug-likeness (QED) is 0.803. The zero-order chi connectivity index (χ0) is 14.0. The predicted octanol–water partition coefficient (Wildman–Crippen LogP) is 3.97. The van der Waals surface area contributed by atoms with Gasteiger partial charge in [-0.2, -0.15) is 0 Å². The summed E-state index contributed by atoms with van der Waals surface area (Å²) < 4.78 is 0. The Morgan fingerprint density at radius 1 is 0.750 bits per heavy atom. The summed E-state index contributed by atoms with van der Waals surface area (Å²) in [6, 6.07) is 0.419. The predicted molar refractivity (Wildman–Crippen MR) is 85.4 cm³/mol. The fourth-order valence-electron chi connectivity index (χ4n) is 5.60. The third-order valence-corrected chi connectivity index (χ3v) is 6.78. The van der Waals surface area contributed by atoms with E-state index in [4.69, 9.17) is 11.5 Å². The summed E-state index contributed by atoms with van der Waals surface area (Å²) in [4.78, 5) is 0. The van der Waals surface area contributed by atoms with Crippen LogP contribution in [0.25, 0.3) is 0 Å². The molecule has 0 heterocycles. The van der Waals surface area contributed by atoms with E-state index in [2.05, 4.69) is 0 Å². The van der Waals surface area contributed by atoms with Gasteiger partial charge in [-0.25, -0.2) is 0 Å². The van der Waals surface area contributed by atoms with Gasteiger partial charge in [0.1, 0.15) is 0 Å². The van der Waals surface area contributed by atoms with Crippen LogP contribution in [0.1, 0.15) is 83.5 Å². The van der Waals surface area contributed by atoms with Crippen molar-refractivity contribution in [1.29, 1.82) is 0 Å². The van der Waals surface area contributed by atoms with Gasteiger partial charge in [0.25, 0.3) is 0 Å². The summed E-state index contributed by atoms with van der Waals surface area (Å²) >= 11 is 0. The minimum absolute atomic E-state index is 0.123. The Morgan fingerprint density at radius 2 is 1.35 bits per heavy atom. The molecule has 4 N–H and O–H groups in total. The molecule has 0 amide bonds. The van der Waals surface area contributed by atoms with Gasteiger partial charge in [-0.3, -0.25) is 0 Å². The van der Waals surface area contributed by atoms with Crippen molar-refractivity contribution in [2.45, 2.75) is 95.1 Å². The summed E-state index contributed by atoms with van der Waals surface area (Å²) in [6.07, 6.45) is 17.7. The van der Waals surface area contributed by atoms with Crippen LogP contribution in [-0.4, -0.2) is 11.6 Å². The molecule has 0 bridgehead atoms. The van der Waals surface area contributed by atoms with Crippen LogP contribution in [0.3, 0.4) is 0 Å². The van der Waals surface area contributed by atoms with Gasteiger partial charge >= 0.3 is 0 Å². The highest BCUT2D eigenvalue weighted by atomic mass is 14.8. The molecule has 3 unspecified atom stereocenters. The van der Waals surface area contributed by atoms with Crippen molar-refractivity contribution in [2.24, 2.45) is 29.2 Å². The van der Waals surface area contributed by atoms with Crippen molar-refractivity contribution < 1.29 is 0 Å². The zero-order valence-electron chi connectivity index (χ0n) is 13.2. The molecule has 0 saturated heterocycles. The maximum atomic E-state index is 7.12. The largest absolute Gasteiger partial charge is 0.328 e. The van der Waals surface area contributed by atoms with Crippen LogP contribution in [-0.2, 0) is 0 Å². The second-order valence-electron chi connectivity index (χ2n) is 7.99. The average molecular weight is 278 g/mol. The lowest BCUT2D eigenvalue weighted by molar-refractivity contribution is 0.0318. The summed E-state index contributed by atoms with van der Waals surface area (Å²) in [6.45, 7) is 0. The second kappa shape index (κ2) is 6.36. The standard InChI is InChI=1S/C18H34N2/c19-16-11-12-18(20,15-9-5-2-6-10-15)17(13-16)14-7-3-1-4-8-14/h14-17H,1-13,19-20H2. The normalized spacial score (nSPS) is 41.7. The van der Waals surface area contributed by atoms with Crippen molar-refractivity contribution in [3.8, 4) is 0 Å². The fraction of sp³-hybridized carbons (Fsp3) is 1.00. The smallest absolute Gasteiger partial charge is 0.0215 e. The molecule has 3 rings (SSSR count). The highest BCUT2D eigenvalue weighted by molar-refractivity contribution is 5.04. The molecule has 3 fully saturated rings. The third-order valence-electron chi connectivity index (χ3n) is 6.78. The van der Waals surface area contributed by atoms with Gasteiger partial charge < -0.3 is 11.5 Å². The zero-order valence-corrected chi connectivity index (χ0v) is 13.2. The molecule has 3 saturated carbocycles. The van der Waals surface area contributed by atoms with E-state index >= 15 is 0 Å². The van der Waals surface area contributed by atoms with Gasteiger partial charge in [0.05, 0.1) is 0 Å². The van der Waals surface area contributed by atoms with E-state index in [0.717, 1.165) is 24.2 Å². The first kappa shape index (κ1) is 14.8. The molecule has 116 valence electrons. The van der Waals surface area contributed by atoms with Crippen LogP contribution in [0.2, 0.25) is 0 Å². The van der Waals surface area contributed by atoms with Gasteiger partial charge in [0.15, 0.2) is 0 Å². The highest BCUT2D eigenvalue weighted by Gasteiger charge is 2.48. The van der Waals surface area contributed by atoms with Crippen molar-refractivity contribution in [3.05, 3.63) is 0 Å². The van der Waals surface area contributed by atoms with Crippen LogP contribution >= 0.6 is 0 Å². The molecule has 0 spiro atoms. The monoisotopic (exact) mass is 278 g/mol. The highest BCUT2D eigenvalue weighted by Crippen LogP contribution is 2.48. The molecule has 0 aliphatic heterocycles. The van der Waals surface area contributed by atoms with Gasteiger partial charge in [-0.05, 0) is 49.9 Å². The molecule has 3 aliphatic carbocycles. The van der Waals surface area contributed by atoms with Crippen LogP contribution in [0.5, 0.6) is 0 Å². The van der Waals surface area contributed by atoms with Crippen molar-refractivity contribution in [2.75, 3.05) is 0 Å². The van der Waals surface area contributed by atoms with E-state index in [0.29, 0.717) is 6.04 Å². The minimum Gasteiger partial charge on any atom is -0.328 e. The maximum Gasteiger partial charge on any atom is 0.0215 e. The van der Waals surface area contributed by atoms with Gasteiger partial charge in [-0.1, -0.05) is 51.4 Å². The third kappa shape index (κ3) is 2.92. The molecule has 0 aromatic carbocycles. The lowest BCUT2D eigenvalue weighted by Crippen LogP contribution is -2.60. The summed E-state index contributed by atoms with van der Waals surface area (Å²) in [5.74, 6) is 2.38. The Bertz CT molecular complexity index is 305. The molecular formula is C18H34N2. The Hall–Kier alpha value is -0.0800. The first-order valence-electron chi connectivity index (χ1n) is 9.24. The van der Waals surface area contributed by atoms with Crippen molar-refractivity contribution >= 4 is 0 Å². The van der Waals surface area contributed by atoms with Crippen LogP contribution in [0.4, 0.5) is 0 Å². The Kier molecular flexibility index (Phi) is 4.72. The van der Waals surface area contributed by atoms with E-state index in [-0.39, 0.29) is 5.54 Å². The van der Waals surface area contributed by atoms with E-state index in [1.54, 1.807) is 0 Å². The lowest BCUT2D eigenvalue weighted by Gasteiger charge is -2.53. The van der Waals surface area contributed by atoms with Gasteiger partial charge in [0.2, 0.25) is 0 Å². The van der Waals surface area contributed by atoms with Crippen LogP contribution < -0.4 is 11.5 Å². The number of rotatable bonds is 2. The Balaban J connectivity index is 1.77. The molecule has 3 aliphatic rings. The van der Waals surface area contributed by atoms with E-state index in [1.165, 1.54) is 77.0 Å². The first-order chi connectivity index (χ1) is 9.70. The molecule has 0 radical (unpaired) electrons. The number of nitrogens with two attached hydrogens (primary N) is 2. The van der Waals surface area contributed by atoms with Crippen LogP contribution in [0.15, 0.2) is 0 Å². The Labute approximate surface area is 125 Å². The lowest BCUT2D eigenvalue weighted by atomic mass is 9.57. The molecule has 0 aromatic heterocycles. The average Bonchev–Trinajstić information content (AvgIpc) is 2.51. The molecule has 2 heteroatoms. The molecule has 3 atom stereocenters. The van der Waals surface area contributed by atoms with E-state index in [9.17, 15) is 0 Å². The van der Waals surface area contributed by atoms with Crippen molar-refractivity contribution in [1.82, 2.24) is 0 Å². The summed E-state index contributed by atoms with van der Waals surface area (Å²) in [5, 5.41) is 0. The van der Waals surface area contributed by atoms with Crippen molar-refractivity contribution in [3.63, 3.8) is 0 Å². The molecule has 0 aromatic rings. The first-order valence-corrected chi connectivity index (χ1v) is 9.24. The molecular weight excluding hydrogens is 244 g/mol. The number of hydrogen-bond donors (Lipinski definition) is 2. The summed E-state index contributed by atoms with van der Waals surface area (Å²) in [5.41, 5.74) is 13.6. The maximum absolute atomic E-state index is 7.12.